The summed E-state index contributed by atoms with van der Waals surface area (Å²) in [7, 11) is 3.56. The number of H-pyrrole nitrogens is 1. The first-order chi connectivity index (χ1) is 6.59. The summed E-state index contributed by atoms with van der Waals surface area (Å²) in [5.74, 6) is 5.67. The van der Waals surface area contributed by atoms with Gasteiger partial charge in [-0.2, -0.15) is 0 Å². The summed E-state index contributed by atoms with van der Waals surface area (Å²) in [6, 6.07) is 9.94. The zero-order valence-corrected chi connectivity index (χ0v) is 8.49. The zero-order valence-electron chi connectivity index (χ0n) is 8.49. The number of hydrazine groups is 1. The maximum atomic E-state index is 5.54. The number of benzene rings is 1. The molecule has 0 saturated heterocycles. The van der Waals surface area contributed by atoms with Crippen molar-refractivity contribution in [3.8, 4) is 0 Å². The van der Waals surface area contributed by atoms with E-state index < -0.39 is 0 Å². The molecule has 0 radical (unpaired) electrons. The van der Waals surface area contributed by atoms with Gasteiger partial charge in [0.15, 0.2) is 0 Å². The van der Waals surface area contributed by atoms with E-state index in [9.17, 15) is 0 Å². The van der Waals surface area contributed by atoms with Gasteiger partial charge in [0.2, 0.25) is 0 Å². The normalized spacial score (nSPS) is 10.0. The molecule has 2 rings (SSSR count). The van der Waals surface area contributed by atoms with Gasteiger partial charge in [0.25, 0.3) is 0 Å². The van der Waals surface area contributed by atoms with E-state index in [1.165, 1.54) is 10.4 Å². The molecule has 76 valence electrons. The second-order valence-corrected chi connectivity index (χ2v) is 3.28. The van der Waals surface area contributed by atoms with Crippen LogP contribution in [0.2, 0.25) is 0 Å². The highest BCUT2D eigenvalue weighted by Gasteiger charge is 1.92. The van der Waals surface area contributed by atoms with Crippen LogP contribution in [-0.4, -0.2) is 24.1 Å². The molecular formula is C10H16N4. The summed E-state index contributed by atoms with van der Waals surface area (Å²) < 4.78 is 0. The Morgan fingerprint density at radius 3 is 2.36 bits per heavy atom. The van der Waals surface area contributed by atoms with Gasteiger partial charge >= 0.3 is 0 Å². The molecule has 0 aliphatic carbocycles. The predicted octanol–water partition coefficient (Wildman–Crippen LogP) is 1.17. The Labute approximate surface area is 83.5 Å². The second kappa shape index (κ2) is 4.64. The standard InChI is InChI=1S/C8H8N2.C2H8N2/c9-8-5-6-3-1-2-4-7(6)10-8;1-4(2)3/h1-5,10H,9H2;3H2,1-2H3. The van der Waals surface area contributed by atoms with Gasteiger partial charge in [0, 0.05) is 25.0 Å². The minimum Gasteiger partial charge on any atom is -0.385 e. The van der Waals surface area contributed by atoms with E-state index in [1.54, 1.807) is 14.1 Å². The molecule has 0 atom stereocenters. The Balaban J connectivity index is 0.000000213. The molecule has 0 aliphatic rings. The molecule has 0 spiro atoms. The lowest BCUT2D eigenvalue weighted by molar-refractivity contribution is 0.432. The van der Waals surface area contributed by atoms with Gasteiger partial charge in [0.1, 0.15) is 5.82 Å². The van der Waals surface area contributed by atoms with Crippen molar-refractivity contribution in [2.24, 2.45) is 5.84 Å². The van der Waals surface area contributed by atoms with Crippen molar-refractivity contribution in [2.45, 2.75) is 0 Å². The monoisotopic (exact) mass is 192 g/mol. The van der Waals surface area contributed by atoms with E-state index in [0.717, 1.165) is 11.3 Å². The van der Waals surface area contributed by atoms with E-state index in [4.69, 9.17) is 11.6 Å². The molecule has 2 aromatic rings. The summed E-state index contributed by atoms with van der Waals surface area (Å²) in [5, 5.41) is 2.67. The van der Waals surface area contributed by atoms with Crippen LogP contribution in [0.3, 0.4) is 0 Å². The van der Waals surface area contributed by atoms with Gasteiger partial charge in [0.05, 0.1) is 0 Å². The van der Waals surface area contributed by atoms with Gasteiger partial charge in [-0.15, -0.1) is 0 Å². The quantitative estimate of drug-likeness (QED) is 0.433. The highest BCUT2D eigenvalue weighted by atomic mass is 15.4. The molecule has 0 amide bonds. The van der Waals surface area contributed by atoms with E-state index >= 15 is 0 Å². The van der Waals surface area contributed by atoms with Crippen molar-refractivity contribution >= 4 is 16.7 Å². The fraction of sp³-hybridized carbons (Fsp3) is 0.200. The van der Waals surface area contributed by atoms with E-state index in [0.29, 0.717) is 0 Å². The van der Waals surface area contributed by atoms with Crippen molar-refractivity contribution < 1.29 is 0 Å². The molecule has 5 N–H and O–H groups in total. The van der Waals surface area contributed by atoms with Gasteiger partial charge in [-0.1, -0.05) is 18.2 Å². The molecular weight excluding hydrogens is 176 g/mol. The molecule has 0 unspecified atom stereocenters. The van der Waals surface area contributed by atoms with Gasteiger partial charge in [-0.3, -0.25) is 10.9 Å². The highest BCUT2D eigenvalue weighted by Crippen LogP contribution is 2.14. The van der Waals surface area contributed by atoms with Gasteiger partial charge in [-0.25, -0.2) is 0 Å². The van der Waals surface area contributed by atoms with E-state index in [-0.39, 0.29) is 0 Å². The van der Waals surface area contributed by atoms with Crippen molar-refractivity contribution in [3.05, 3.63) is 30.3 Å². The summed E-state index contributed by atoms with van der Waals surface area (Å²) in [5.41, 5.74) is 6.63. The molecule has 0 bridgehead atoms. The number of para-hydroxylation sites is 1. The first-order valence-corrected chi connectivity index (χ1v) is 4.35. The lowest BCUT2D eigenvalue weighted by Crippen LogP contribution is -2.18. The Morgan fingerprint density at radius 1 is 1.21 bits per heavy atom. The van der Waals surface area contributed by atoms with Crippen LogP contribution in [0.15, 0.2) is 30.3 Å². The second-order valence-electron chi connectivity index (χ2n) is 3.28. The fourth-order valence-corrected chi connectivity index (χ4v) is 1.10. The number of nitrogens with one attached hydrogen (secondary N) is 1. The number of anilines is 1. The Kier molecular flexibility index (Phi) is 3.50. The van der Waals surface area contributed by atoms with Crippen molar-refractivity contribution in [1.29, 1.82) is 0 Å². The molecule has 0 aliphatic heterocycles. The van der Waals surface area contributed by atoms with Gasteiger partial charge in [-0.05, 0) is 12.1 Å². The molecule has 0 fully saturated rings. The van der Waals surface area contributed by atoms with Crippen LogP contribution >= 0.6 is 0 Å². The number of nitrogens with two attached hydrogens (primary N) is 2. The molecule has 1 aromatic heterocycles. The predicted molar refractivity (Wildman–Crippen MR) is 60.6 cm³/mol. The summed E-state index contributed by atoms with van der Waals surface area (Å²) in [6.07, 6.45) is 0. The molecule has 1 heterocycles. The minimum absolute atomic E-state index is 0.723. The van der Waals surface area contributed by atoms with Crippen LogP contribution in [0, 0.1) is 0 Å². The van der Waals surface area contributed by atoms with Crippen molar-refractivity contribution in [3.63, 3.8) is 0 Å². The number of aromatic nitrogens is 1. The van der Waals surface area contributed by atoms with Crippen LogP contribution in [0.5, 0.6) is 0 Å². The first-order valence-electron chi connectivity index (χ1n) is 4.35. The van der Waals surface area contributed by atoms with Crippen molar-refractivity contribution in [2.75, 3.05) is 19.8 Å². The molecule has 4 nitrogen and oxygen atoms in total. The Hall–Kier alpha value is -1.52. The minimum atomic E-state index is 0.723. The lowest BCUT2D eigenvalue weighted by atomic mass is 10.3. The maximum Gasteiger partial charge on any atom is 0.101 e. The molecule has 1 aromatic carbocycles. The van der Waals surface area contributed by atoms with E-state index in [2.05, 4.69) is 4.98 Å². The van der Waals surface area contributed by atoms with Crippen LogP contribution in [-0.2, 0) is 0 Å². The number of fused-ring (bicyclic) bond motifs is 1. The maximum absolute atomic E-state index is 5.54. The number of hydrogen-bond donors (Lipinski definition) is 3. The van der Waals surface area contributed by atoms with Crippen molar-refractivity contribution in [1.82, 2.24) is 9.99 Å². The first kappa shape index (κ1) is 10.6. The van der Waals surface area contributed by atoms with E-state index in [1.807, 2.05) is 30.3 Å². The third-order valence-corrected chi connectivity index (χ3v) is 1.55. The topological polar surface area (TPSA) is 71.1 Å². The molecule has 0 saturated carbocycles. The summed E-state index contributed by atoms with van der Waals surface area (Å²) in [6.45, 7) is 0. The molecule has 4 heteroatoms. The smallest absolute Gasteiger partial charge is 0.101 e. The highest BCUT2D eigenvalue weighted by molar-refractivity contribution is 5.82. The Bertz CT molecular complexity index is 356. The average Bonchev–Trinajstić information content (AvgIpc) is 2.42. The number of aromatic amines is 1. The van der Waals surface area contributed by atoms with Crippen LogP contribution in [0.1, 0.15) is 0 Å². The van der Waals surface area contributed by atoms with Crippen LogP contribution in [0.25, 0.3) is 10.9 Å². The van der Waals surface area contributed by atoms with Gasteiger partial charge < -0.3 is 10.7 Å². The third-order valence-electron chi connectivity index (χ3n) is 1.55. The Morgan fingerprint density at radius 2 is 1.79 bits per heavy atom. The zero-order chi connectivity index (χ0) is 10.6. The SMILES string of the molecule is CN(C)N.Nc1cc2ccccc2[nH]1. The fourth-order valence-electron chi connectivity index (χ4n) is 1.10. The average molecular weight is 192 g/mol. The third kappa shape index (κ3) is 3.08. The number of hydrogen-bond acceptors (Lipinski definition) is 3. The number of nitrogen functional groups attached to an aromatic ring is 1. The lowest BCUT2D eigenvalue weighted by Gasteiger charge is -1.91. The largest absolute Gasteiger partial charge is 0.385 e. The summed E-state index contributed by atoms with van der Waals surface area (Å²) >= 11 is 0. The number of rotatable bonds is 0. The molecule has 14 heavy (non-hydrogen) atoms. The van der Waals surface area contributed by atoms with Crippen LogP contribution < -0.4 is 11.6 Å². The summed E-state index contributed by atoms with van der Waals surface area (Å²) in [4.78, 5) is 3.04. The number of nitrogens with zero attached hydrogens (tertiary/aromatic N) is 1. The van der Waals surface area contributed by atoms with Crippen LogP contribution in [0.4, 0.5) is 5.82 Å².